The number of carboxylic acid groups (broad SMARTS) is 1. The Morgan fingerprint density at radius 2 is 1.78 bits per heavy atom. The number of aliphatic carboxylic acids is 1. The molecule has 2 amide bonds. The molecule has 1 unspecified atom stereocenters. The maximum Gasteiger partial charge on any atom is 0.305 e. The Bertz CT molecular complexity index is 336. The molecule has 5 N–H and O–H groups in total. The maximum atomic E-state index is 12.0. The summed E-state index contributed by atoms with van der Waals surface area (Å²) in [5, 5.41) is 8.65. The van der Waals surface area contributed by atoms with Gasteiger partial charge in [-0.2, -0.15) is 0 Å². The lowest BCUT2D eigenvalue weighted by Gasteiger charge is -2.37. The highest BCUT2D eigenvalue weighted by molar-refractivity contribution is 5.88. The summed E-state index contributed by atoms with van der Waals surface area (Å²) in [6.07, 6.45) is -0.426. The van der Waals surface area contributed by atoms with Gasteiger partial charge in [0.1, 0.15) is 0 Å². The molecule has 0 fully saturated rings. The van der Waals surface area contributed by atoms with Crippen molar-refractivity contribution in [2.24, 2.45) is 11.5 Å². The minimum Gasteiger partial charge on any atom is -0.481 e. The minimum atomic E-state index is -1.03. The molecule has 0 aliphatic rings. The number of carbonyl (C=O) groups is 3. The Labute approximate surface area is 106 Å². The predicted octanol–water partition coefficient (Wildman–Crippen LogP) is -0.709. The topological polar surface area (TPSA) is 127 Å². The van der Waals surface area contributed by atoms with E-state index >= 15 is 0 Å². The first kappa shape index (κ1) is 16.4. The number of amides is 2. The minimum absolute atomic E-state index is 0.0458. The van der Waals surface area contributed by atoms with Crippen LogP contribution < -0.4 is 11.5 Å². The van der Waals surface area contributed by atoms with E-state index in [1.54, 1.807) is 20.8 Å². The lowest BCUT2D eigenvalue weighted by atomic mass is 10.0. The fourth-order valence-electron chi connectivity index (χ4n) is 1.49. The van der Waals surface area contributed by atoms with E-state index in [-0.39, 0.29) is 19.4 Å². The van der Waals surface area contributed by atoms with Crippen molar-refractivity contribution in [3.8, 4) is 0 Å². The Hall–Kier alpha value is -1.63. The number of nitrogens with zero attached hydrogens (tertiary/aromatic N) is 1. The summed E-state index contributed by atoms with van der Waals surface area (Å²) in [4.78, 5) is 34.7. The molecule has 0 aromatic heterocycles. The highest BCUT2D eigenvalue weighted by Gasteiger charge is 2.30. The van der Waals surface area contributed by atoms with Gasteiger partial charge in [-0.15, -0.1) is 0 Å². The van der Waals surface area contributed by atoms with Gasteiger partial charge in [-0.25, -0.2) is 0 Å². The molecule has 1 atom stereocenters. The molecule has 18 heavy (non-hydrogen) atoms. The Morgan fingerprint density at radius 3 is 2.11 bits per heavy atom. The number of hydrogen-bond donors (Lipinski definition) is 3. The van der Waals surface area contributed by atoms with Gasteiger partial charge in [0.25, 0.3) is 0 Å². The van der Waals surface area contributed by atoms with Gasteiger partial charge >= 0.3 is 5.97 Å². The summed E-state index contributed by atoms with van der Waals surface area (Å²) in [5.41, 5.74) is 9.99. The third-order valence-corrected chi connectivity index (χ3v) is 2.36. The van der Waals surface area contributed by atoms with Gasteiger partial charge in [-0.3, -0.25) is 14.4 Å². The van der Waals surface area contributed by atoms with Crippen LogP contribution in [0.15, 0.2) is 0 Å². The standard InChI is InChI=1S/C11H21N3O4/c1-11(2,3)14(5-4-9(16)17)10(18)7(12)6-8(13)15/h7H,4-6,12H2,1-3H3,(H2,13,15)(H,16,17). The van der Waals surface area contributed by atoms with Crippen LogP contribution in [0.5, 0.6) is 0 Å². The van der Waals surface area contributed by atoms with E-state index in [9.17, 15) is 14.4 Å². The first-order valence-electron chi connectivity index (χ1n) is 5.63. The first-order chi connectivity index (χ1) is 8.05. The molecule has 7 nitrogen and oxygen atoms in total. The van der Waals surface area contributed by atoms with Gasteiger partial charge in [0.05, 0.1) is 18.9 Å². The van der Waals surface area contributed by atoms with Crippen LogP contribution in [0, 0.1) is 0 Å². The Kier molecular flexibility index (Phi) is 5.77. The molecule has 0 aromatic carbocycles. The number of carbonyl (C=O) groups excluding carboxylic acids is 2. The second-order valence-corrected chi connectivity index (χ2v) is 5.08. The largest absolute Gasteiger partial charge is 0.481 e. The Morgan fingerprint density at radius 1 is 1.28 bits per heavy atom. The second-order valence-electron chi connectivity index (χ2n) is 5.08. The molecule has 0 rings (SSSR count). The molecule has 0 spiro atoms. The van der Waals surface area contributed by atoms with Gasteiger partial charge in [0.15, 0.2) is 0 Å². The molecule has 0 aliphatic heterocycles. The summed E-state index contributed by atoms with van der Waals surface area (Å²) >= 11 is 0. The molecule has 7 heteroatoms. The molecule has 0 aromatic rings. The molecule has 0 saturated carbocycles. The van der Waals surface area contributed by atoms with E-state index in [4.69, 9.17) is 16.6 Å². The number of nitrogens with two attached hydrogens (primary N) is 2. The van der Waals surface area contributed by atoms with E-state index in [0.717, 1.165) is 0 Å². The second kappa shape index (κ2) is 6.34. The normalized spacial score (nSPS) is 12.9. The van der Waals surface area contributed by atoms with Crippen LogP contribution in [0.3, 0.4) is 0 Å². The lowest BCUT2D eigenvalue weighted by Crippen LogP contribution is -2.53. The third-order valence-electron chi connectivity index (χ3n) is 2.36. The molecule has 0 saturated heterocycles. The fourth-order valence-corrected chi connectivity index (χ4v) is 1.49. The van der Waals surface area contributed by atoms with Crippen LogP contribution in [0.4, 0.5) is 0 Å². The van der Waals surface area contributed by atoms with Crippen LogP contribution in [-0.2, 0) is 14.4 Å². The van der Waals surface area contributed by atoms with E-state index < -0.39 is 29.4 Å². The Balaban J connectivity index is 4.80. The molecule has 0 bridgehead atoms. The first-order valence-corrected chi connectivity index (χ1v) is 5.63. The summed E-state index contributed by atoms with van der Waals surface area (Å²) in [6.45, 7) is 5.35. The van der Waals surface area contributed by atoms with E-state index in [1.165, 1.54) is 4.90 Å². The highest BCUT2D eigenvalue weighted by Crippen LogP contribution is 2.15. The molecule has 104 valence electrons. The van der Waals surface area contributed by atoms with Gasteiger partial charge in [-0.05, 0) is 20.8 Å². The SMILES string of the molecule is CC(C)(C)N(CCC(=O)O)C(=O)C(N)CC(N)=O. The van der Waals surface area contributed by atoms with Gasteiger partial charge in [0.2, 0.25) is 11.8 Å². The lowest BCUT2D eigenvalue weighted by molar-refractivity contribution is -0.142. The smallest absolute Gasteiger partial charge is 0.305 e. The van der Waals surface area contributed by atoms with Crippen LogP contribution in [0.25, 0.3) is 0 Å². The molecule has 0 heterocycles. The third kappa shape index (κ3) is 5.62. The zero-order valence-electron chi connectivity index (χ0n) is 11.0. The zero-order chi connectivity index (χ0) is 14.5. The van der Waals surface area contributed by atoms with Gasteiger partial charge in [0, 0.05) is 12.1 Å². The van der Waals surface area contributed by atoms with Crippen LogP contribution in [-0.4, -0.2) is 45.9 Å². The molecular formula is C11H21N3O4. The fraction of sp³-hybridized carbons (Fsp3) is 0.727. The molecular weight excluding hydrogens is 238 g/mol. The summed E-state index contributed by atoms with van der Waals surface area (Å²) in [5.74, 6) is -2.13. The van der Waals surface area contributed by atoms with Crippen LogP contribution in [0.2, 0.25) is 0 Å². The monoisotopic (exact) mass is 259 g/mol. The van der Waals surface area contributed by atoms with Crippen LogP contribution in [0.1, 0.15) is 33.6 Å². The van der Waals surface area contributed by atoms with E-state index in [2.05, 4.69) is 0 Å². The van der Waals surface area contributed by atoms with Crippen molar-refractivity contribution >= 4 is 17.8 Å². The van der Waals surface area contributed by atoms with Crippen molar-refractivity contribution in [1.82, 2.24) is 4.90 Å². The summed E-state index contributed by atoms with van der Waals surface area (Å²) in [6, 6.07) is -1.03. The van der Waals surface area contributed by atoms with Gasteiger partial charge in [-0.1, -0.05) is 0 Å². The molecule has 0 radical (unpaired) electrons. The summed E-state index contributed by atoms with van der Waals surface area (Å²) < 4.78 is 0. The summed E-state index contributed by atoms with van der Waals surface area (Å²) in [7, 11) is 0. The highest BCUT2D eigenvalue weighted by atomic mass is 16.4. The van der Waals surface area contributed by atoms with Crippen molar-refractivity contribution < 1.29 is 19.5 Å². The van der Waals surface area contributed by atoms with Crippen LogP contribution >= 0.6 is 0 Å². The van der Waals surface area contributed by atoms with Crippen molar-refractivity contribution in [3.63, 3.8) is 0 Å². The van der Waals surface area contributed by atoms with Crippen molar-refractivity contribution in [3.05, 3.63) is 0 Å². The zero-order valence-corrected chi connectivity index (χ0v) is 11.0. The quantitative estimate of drug-likeness (QED) is 0.580. The van der Waals surface area contributed by atoms with Crippen molar-refractivity contribution in [2.45, 2.75) is 45.2 Å². The number of rotatable bonds is 6. The van der Waals surface area contributed by atoms with Gasteiger partial charge < -0.3 is 21.5 Å². The molecule has 0 aliphatic carbocycles. The average Bonchev–Trinajstić information content (AvgIpc) is 2.13. The average molecular weight is 259 g/mol. The van der Waals surface area contributed by atoms with Crippen molar-refractivity contribution in [2.75, 3.05) is 6.54 Å². The number of primary amides is 1. The van der Waals surface area contributed by atoms with Crippen molar-refractivity contribution in [1.29, 1.82) is 0 Å². The maximum absolute atomic E-state index is 12.0. The van der Waals surface area contributed by atoms with E-state index in [1.807, 2.05) is 0 Å². The predicted molar refractivity (Wildman–Crippen MR) is 65.5 cm³/mol. The van der Waals surface area contributed by atoms with E-state index in [0.29, 0.717) is 0 Å². The number of carboxylic acids is 1. The number of hydrogen-bond acceptors (Lipinski definition) is 4.